The van der Waals surface area contributed by atoms with E-state index in [0.717, 1.165) is 23.8 Å². The van der Waals surface area contributed by atoms with Crippen LogP contribution in [0.15, 0.2) is 18.2 Å². The minimum Gasteiger partial charge on any atom is -0.496 e. The van der Waals surface area contributed by atoms with E-state index in [1.54, 1.807) is 19.2 Å². The Hall–Kier alpha value is -1.09. The van der Waals surface area contributed by atoms with E-state index >= 15 is 0 Å². The summed E-state index contributed by atoms with van der Waals surface area (Å²) in [6, 6.07) is 4.81. The molecule has 1 N–H and O–H groups in total. The molecule has 18 heavy (non-hydrogen) atoms. The Morgan fingerprint density at radius 1 is 1.39 bits per heavy atom. The van der Waals surface area contributed by atoms with Gasteiger partial charge in [0.25, 0.3) is 0 Å². The van der Waals surface area contributed by atoms with Gasteiger partial charge in [-0.25, -0.2) is 4.39 Å². The van der Waals surface area contributed by atoms with Gasteiger partial charge in [0.15, 0.2) is 0 Å². The quantitative estimate of drug-likeness (QED) is 0.862. The van der Waals surface area contributed by atoms with Crippen molar-refractivity contribution in [2.45, 2.75) is 38.6 Å². The van der Waals surface area contributed by atoms with Gasteiger partial charge in [-0.1, -0.05) is 12.8 Å². The van der Waals surface area contributed by atoms with Gasteiger partial charge in [0, 0.05) is 11.6 Å². The largest absolute Gasteiger partial charge is 0.496 e. The lowest BCUT2D eigenvalue weighted by Gasteiger charge is -2.19. The standard InChI is InChI=1S/C15H22FNO/c1-11(17-10-12-5-3-4-6-12)14-9-13(16)7-8-15(14)18-2/h7-9,11-12,17H,3-6,10H2,1-2H3. The van der Waals surface area contributed by atoms with Crippen LogP contribution in [0.4, 0.5) is 4.39 Å². The topological polar surface area (TPSA) is 21.3 Å². The Labute approximate surface area is 109 Å². The third-order valence-corrected chi connectivity index (χ3v) is 3.85. The average Bonchev–Trinajstić information content (AvgIpc) is 2.89. The summed E-state index contributed by atoms with van der Waals surface area (Å²) >= 11 is 0. The van der Waals surface area contributed by atoms with Crippen LogP contribution in [0.2, 0.25) is 0 Å². The molecule has 1 aliphatic carbocycles. The molecule has 0 saturated heterocycles. The van der Waals surface area contributed by atoms with Gasteiger partial charge in [-0.05, 0) is 50.4 Å². The molecule has 0 heterocycles. The summed E-state index contributed by atoms with van der Waals surface area (Å²) in [5.74, 6) is 1.33. The highest BCUT2D eigenvalue weighted by molar-refractivity contribution is 5.36. The van der Waals surface area contributed by atoms with E-state index in [0.29, 0.717) is 0 Å². The first-order valence-corrected chi connectivity index (χ1v) is 6.77. The normalized spacial score (nSPS) is 17.9. The summed E-state index contributed by atoms with van der Waals surface area (Å²) in [5, 5.41) is 3.50. The molecule has 1 aromatic rings. The predicted octanol–water partition coefficient (Wildman–Crippen LogP) is 3.68. The Kier molecular flexibility index (Phi) is 4.59. The van der Waals surface area contributed by atoms with Gasteiger partial charge in [0.1, 0.15) is 11.6 Å². The van der Waals surface area contributed by atoms with Crippen LogP contribution in [0.3, 0.4) is 0 Å². The molecule has 1 fully saturated rings. The SMILES string of the molecule is COc1ccc(F)cc1C(C)NCC1CCCC1. The molecule has 0 radical (unpaired) electrons. The summed E-state index contributed by atoms with van der Waals surface area (Å²) in [6.45, 7) is 3.08. The number of benzene rings is 1. The van der Waals surface area contributed by atoms with Crippen LogP contribution < -0.4 is 10.1 Å². The Morgan fingerprint density at radius 3 is 2.78 bits per heavy atom. The fourth-order valence-electron chi connectivity index (χ4n) is 2.71. The van der Waals surface area contributed by atoms with E-state index in [1.165, 1.54) is 31.7 Å². The average molecular weight is 251 g/mol. The molecule has 1 aliphatic rings. The molecule has 100 valence electrons. The maximum absolute atomic E-state index is 13.3. The summed E-state index contributed by atoms with van der Waals surface area (Å²) < 4.78 is 18.6. The third kappa shape index (κ3) is 3.22. The fourth-order valence-corrected chi connectivity index (χ4v) is 2.71. The monoisotopic (exact) mass is 251 g/mol. The minimum atomic E-state index is -0.208. The second-order valence-corrected chi connectivity index (χ2v) is 5.17. The first-order valence-electron chi connectivity index (χ1n) is 6.77. The molecule has 0 spiro atoms. The molecule has 0 amide bonds. The van der Waals surface area contributed by atoms with Crippen molar-refractivity contribution in [2.75, 3.05) is 13.7 Å². The molecular formula is C15H22FNO. The second kappa shape index (κ2) is 6.19. The van der Waals surface area contributed by atoms with Gasteiger partial charge in [0.05, 0.1) is 7.11 Å². The molecule has 0 aromatic heterocycles. The van der Waals surface area contributed by atoms with E-state index in [9.17, 15) is 4.39 Å². The number of hydrogen-bond acceptors (Lipinski definition) is 2. The molecule has 1 unspecified atom stereocenters. The zero-order valence-corrected chi connectivity index (χ0v) is 11.2. The van der Waals surface area contributed by atoms with E-state index < -0.39 is 0 Å². The van der Waals surface area contributed by atoms with E-state index in [2.05, 4.69) is 12.2 Å². The van der Waals surface area contributed by atoms with Crippen molar-refractivity contribution in [3.8, 4) is 5.75 Å². The van der Waals surface area contributed by atoms with Crippen LogP contribution in [0.1, 0.15) is 44.2 Å². The number of halogens is 1. The van der Waals surface area contributed by atoms with E-state index in [-0.39, 0.29) is 11.9 Å². The number of methoxy groups -OCH3 is 1. The Balaban J connectivity index is 1.98. The van der Waals surface area contributed by atoms with Gasteiger partial charge in [-0.2, -0.15) is 0 Å². The van der Waals surface area contributed by atoms with Crippen molar-refractivity contribution in [3.63, 3.8) is 0 Å². The second-order valence-electron chi connectivity index (χ2n) is 5.17. The van der Waals surface area contributed by atoms with Crippen LogP contribution in [0.5, 0.6) is 5.75 Å². The van der Waals surface area contributed by atoms with Crippen LogP contribution in [0, 0.1) is 11.7 Å². The van der Waals surface area contributed by atoms with Crippen LogP contribution in [-0.2, 0) is 0 Å². The highest BCUT2D eigenvalue weighted by Crippen LogP contribution is 2.28. The first-order chi connectivity index (χ1) is 8.70. The fraction of sp³-hybridized carbons (Fsp3) is 0.600. The van der Waals surface area contributed by atoms with Crippen LogP contribution >= 0.6 is 0 Å². The van der Waals surface area contributed by atoms with Crippen molar-refractivity contribution in [3.05, 3.63) is 29.6 Å². The number of hydrogen-bond donors (Lipinski definition) is 1. The zero-order valence-electron chi connectivity index (χ0n) is 11.2. The first kappa shape index (κ1) is 13.3. The Bertz CT molecular complexity index is 388. The van der Waals surface area contributed by atoms with Crippen molar-refractivity contribution in [2.24, 2.45) is 5.92 Å². The third-order valence-electron chi connectivity index (χ3n) is 3.85. The van der Waals surface area contributed by atoms with Crippen molar-refractivity contribution in [1.82, 2.24) is 5.32 Å². The lowest BCUT2D eigenvalue weighted by molar-refractivity contribution is 0.393. The van der Waals surface area contributed by atoms with Gasteiger partial charge in [-0.15, -0.1) is 0 Å². The maximum Gasteiger partial charge on any atom is 0.123 e. The Morgan fingerprint density at radius 2 is 2.11 bits per heavy atom. The molecule has 1 aromatic carbocycles. The van der Waals surface area contributed by atoms with Crippen molar-refractivity contribution >= 4 is 0 Å². The van der Waals surface area contributed by atoms with Crippen molar-refractivity contribution in [1.29, 1.82) is 0 Å². The van der Waals surface area contributed by atoms with Crippen molar-refractivity contribution < 1.29 is 9.13 Å². The molecule has 2 rings (SSSR count). The number of nitrogens with one attached hydrogen (secondary N) is 1. The lowest BCUT2D eigenvalue weighted by Crippen LogP contribution is -2.25. The molecule has 0 bridgehead atoms. The number of rotatable bonds is 5. The van der Waals surface area contributed by atoms with Gasteiger partial charge < -0.3 is 10.1 Å². The van der Waals surface area contributed by atoms with Gasteiger partial charge >= 0.3 is 0 Å². The smallest absolute Gasteiger partial charge is 0.123 e. The lowest BCUT2D eigenvalue weighted by atomic mass is 10.0. The van der Waals surface area contributed by atoms with E-state index in [4.69, 9.17) is 4.74 Å². The molecule has 0 aliphatic heterocycles. The molecule has 2 nitrogen and oxygen atoms in total. The summed E-state index contributed by atoms with van der Waals surface area (Å²) in [5.41, 5.74) is 0.899. The predicted molar refractivity (Wildman–Crippen MR) is 71.3 cm³/mol. The molecular weight excluding hydrogens is 229 g/mol. The number of ether oxygens (including phenoxy) is 1. The minimum absolute atomic E-state index is 0.122. The van der Waals surface area contributed by atoms with E-state index in [1.807, 2.05) is 0 Å². The molecule has 3 heteroatoms. The maximum atomic E-state index is 13.3. The summed E-state index contributed by atoms with van der Waals surface area (Å²) in [4.78, 5) is 0. The highest BCUT2D eigenvalue weighted by Gasteiger charge is 2.17. The molecule has 1 saturated carbocycles. The zero-order chi connectivity index (χ0) is 13.0. The highest BCUT2D eigenvalue weighted by atomic mass is 19.1. The van der Waals surface area contributed by atoms with Gasteiger partial charge in [-0.3, -0.25) is 0 Å². The molecule has 1 atom stereocenters. The van der Waals surface area contributed by atoms with Crippen LogP contribution in [0.25, 0.3) is 0 Å². The van der Waals surface area contributed by atoms with Crippen LogP contribution in [-0.4, -0.2) is 13.7 Å². The van der Waals surface area contributed by atoms with Gasteiger partial charge in [0.2, 0.25) is 0 Å². The summed E-state index contributed by atoms with van der Waals surface area (Å²) in [6.07, 6.45) is 5.34. The summed E-state index contributed by atoms with van der Waals surface area (Å²) in [7, 11) is 1.63.